The number of para-hydroxylation sites is 1. The number of halogens is 6. The van der Waals surface area contributed by atoms with Crippen LogP contribution >= 0.6 is 0 Å². The second-order valence-electron chi connectivity index (χ2n) is 5.42. The van der Waals surface area contributed by atoms with Gasteiger partial charge in [-0.05, 0) is 24.3 Å². The largest absolute Gasteiger partial charge is 0.434 e. The number of nitrogens with zero attached hydrogens (tertiary/aromatic N) is 3. The Bertz CT molecular complexity index is 979. The number of esters is 1. The summed E-state index contributed by atoms with van der Waals surface area (Å²) in [7, 11) is 0. The van der Waals surface area contributed by atoms with Crippen molar-refractivity contribution in [3.05, 3.63) is 71.7 Å². The van der Waals surface area contributed by atoms with Gasteiger partial charge in [-0.2, -0.15) is 31.4 Å². The molecule has 0 aliphatic carbocycles. The van der Waals surface area contributed by atoms with Gasteiger partial charge in [0.2, 0.25) is 0 Å². The summed E-state index contributed by atoms with van der Waals surface area (Å²) < 4.78 is 83.5. The number of hydrogen-bond acceptors (Lipinski definition) is 4. The summed E-state index contributed by atoms with van der Waals surface area (Å²) in [5.41, 5.74) is -3.56. The van der Waals surface area contributed by atoms with Crippen LogP contribution in [0.2, 0.25) is 0 Å². The fourth-order valence-electron chi connectivity index (χ4n) is 2.27. The number of carbonyl (C=O) groups excluding carboxylic acids is 1. The summed E-state index contributed by atoms with van der Waals surface area (Å²) in [6, 6.07) is 8.67. The molecule has 0 unspecified atom stereocenters. The third-order valence-electron chi connectivity index (χ3n) is 3.50. The van der Waals surface area contributed by atoms with Gasteiger partial charge in [0.1, 0.15) is 11.3 Å². The molecule has 0 aliphatic rings. The van der Waals surface area contributed by atoms with Crippen LogP contribution < -0.4 is 4.74 Å². The highest BCUT2D eigenvalue weighted by Gasteiger charge is 2.41. The zero-order valence-corrected chi connectivity index (χ0v) is 13.6. The van der Waals surface area contributed by atoms with Crippen molar-refractivity contribution < 1.29 is 35.9 Å². The lowest BCUT2D eigenvalue weighted by Gasteiger charge is -2.12. The minimum Gasteiger partial charge on any atom is -0.423 e. The van der Waals surface area contributed by atoms with E-state index in [1.807, 2.05) is 0 Å². The molecule has 3 aromatic rings. The molecule has 0 N–H and O–H groups in total. The van der Waals surface area contributed by atoms with E-state index in [0.29, 0.717) is 18.5 Å². The molecule has 0 spiro atoms. The van der Waals surface area contributed by atoms with Crippen LogP contribution in [-0.4, -0.2) is 20.7 Å². The van der Waals surface area contributed by atoms with E-state index in [0.717, 1.165) is 6.07 Å². The van der Waals surface area contributed by atoms with E-state index in [2.05, 4.69) is 10.1 Å². The van der Waals surface area contributed by atoms with E-state index in [1.165, 1.54) is 24.3 Å². The number of carbonyl (C=O) groups is 1. The van der Waals surface area contributed by atoms with Gasteiger partial charge in [0, 0.05) is 6.20 Å². The summed E-state index contributed by atoms with van der Waals surface area (Å²) in [4.78, 5) is 15.5. The lowest BCUT2D eigenvalue weighted by molar-refractivity contribution is -0.143. The molecule has 0 fully saturated rings. The number of ether oxygens (including phenoxy) is 1. The van der Waals surface area contributed by atoms with Crippen molar-refractivity contribution in [2.24, 2.45) is 0 Å². The Balaban J connectivity index is 2.01. The van der Waals surface area contributed by atoms with Crippen molar-refractivity contribution >= 4 is 5.97 Å². The third kappa shape index (κ3) is 3.97. The van der Waals surface area contributed by atoms with E-state index in [-0.39, 0.29) is 10.4 Å². The highest BCUT2D eigenvalue weighted by atomic mass is 19.4. The van der Waals surface area contributed by atoms with Crippen LogP contribution in [-0.2, 0) is 12.4 Å². The first-order valence-electron chi connectivity index (χ1n) is 7.53. The zero-order chi connectivity index (χ0) is 20.5. The molecule has 11 heteroatoms. The number of alkyl halides is 6. The molecular weight excluding hydrogens is 392 g/mol. The number of aromatic nitrogens is 3. The summed E-state index contributed by atoms with van der Waals surface area (Å²) >= 11 is 0. The van der Waals surface area contributed by atoms with Crippen molar-refractivity contribution in [2.75, 3.05) is 0 Å². The summed E-state index contributed by atoms with van der Waals surface area (Å²) in [6.45, 7) is 0. The van der Waals surface area contributed by atoms with E-state index in [4.69, 9.17) is 4.74 Å². The minimum atomic E-state index is -5.05. The molecule has 146 valence electrons. The van der Waals surface area contributed by atoms with E-state index in [1.54, 1.807) is 6.07 Å². The van der Waals surface area contributed by atoms with E-state index >= 15 is 0 Å². The summed E-state index contributed by atoms with van der Waals surface area (Å²) in [6.07, 6.45) is -8.76. The number of hydrogen-bond donors (Lipinski definition) is 0. The lowest BCUT2D eigenvalue weighted by Crippen LogP contribution is -2.20. The number of pyridine rings is 1. The maximum absolute atomic E-state index is 13.5. The molecule has 0 saturated carbocycles. The predicted molar refractivity (Wildman–Crippen MR) is 82.8 cm³/mol. The molecule has 2 aromatic heterocycles. The van der Waals surface area contributed by atoms with Gasteiger partial charge in [-0.25, -0.2) is 14.5 Å². The fourth-order valence-corrected chi connectivity index (χ4v) is 2.27. The highest BCUT2D eigenvalue weighted by Crippen LogP contribution is 2.34. The Morgan fingerprint density at radius 3 is 2.11 bits per heavy atom. The van der Waals surface area contributed by atoms with E-state index in [9.17, 15) is 31.1 Å². The van der Waals surface area contributed by atoms with Crippen LogP contribution in [0.5, 0.6) is 5.75 Å². The molecule has 1 aromatic carbocycles. The smallest absolute Gasteiger partial charge is 0.423 e. The molecule has 0 amide bonds. The Hall–Kier alpha value is -3.37. The van der Waals surface area contributed by atoms with Gasteiger partial charge in [-0.3, -0.25) is 0 Å². The van der Waals surface area contributed by atoms with Crippen molar-refractivity contribution in [3.8, 4) is 11.6 Å². The first-order valence-corrected chi connectivity index (χ1v) is 7.53. The molecular formula is C17H9F6N3O2. The molecule has 0 bridgehead atoms. The second-order valence-corrected chi connectivity index (χ2v) is 5.42. The van der Waals surface area contributed by atoms with Gasteiger partial charge in [-0.15, -0.1) is 0 Å². The first kappa shape index (κ1) is 19.4. The quantitative estimate of drug-likeness (QED) is 0.368. The Kier molecular flexibility index (Phi) is 4.84. The van der Waals surface area contributed by atoms with Crippen LogP contribution in [0, 0.1) is 0 Å². The third-order valence-corrected chi connectivity index (χ3v) is 3.50. The standard InChI is InChI=1S/C17H9F6N3O2/c18-16(19,20)10-6-7-13(24-8-10)26-14(17(21,22)23)12(9-25-26)15(27)28-11-4-2-1-3-5-11/h1-9H. The number of rotatable bonds is 3. The molecule has 0 saturated heterocycles. The maximum atomic E-state index is 13.5. The Morgan fingerprint density at radius 1 is 0.893 bits per heavy atom. The average Bonchev–Trinajstić information content (AvgIpc) is 3.08. The van der Waals surface area contributed by atoms with Crippen molar-refractivity contribution in [1.29, 1.82) is 0 Å². The normalized spacial score (nSPS) is 12.1. The van der Waals surface area contributed by atoms with Crippen LogP contribution in [0.4, 0.5) is 26.3 Å². The molecule has 5 nitrogen and oxygen atoms in total. The van der Waals surface area contributed by atoms with Crippen LogP contribution in [0.15, 0.2) is 54.9 Å². The van der Waals surface area contributed by atoms with Crippen LogP contribution in [0.3, 0.4) is 0 Å². The molecule has 0 atom stereocenters. The molecule has 2 heterocycles. The average molecular weight is 401 g/mol. The van der Waals surface area contributed by atoms with Gasteiger partial charge < -0.3 is 4.74 Å². The zero-order valence-electron chi connectivity index (χ0n) is 13.6. The van der Waals surface area contributed by atoms with Crippen molar-refractivity contribution in [3.63, 3.8) is 0 Å². The van der Waals surface area contributed by atoms with Crippen LogP contribution in [0.1, 0.15) is 21.6 Å². The van der Waals surface area contributed by atoms with E-state index < -0.39 is 41.0 Å². The monoisotopic (exact) mass is 401 g/mol. The second kappa shape index (κ2) is 6.98. The van der Waals surface area contributed by atoms with Gasteiger partial charge in [0.25, 0.3) is 0 Å². The van der Waals surface area contributed by atoms with Gasteiger partial charge in [-0.1, -0.05) is 18.2 Å². The van der Waals surface area contributed by atoms with Crippen molar-refractivity contribution in [1.82, 2.24) is 14.8 Å². The molecule has 28 heavy (non-hydrogen) atoms. The van der Waals surface area contributed by atoms with Gasteiger partial charge in [0.05, 0.1) is 11.8 Å². The SMILES string of the molecule is O=C(Oc1ccccc1)c1cnn(-c2ccc(C(F)(F)F)cn2)c1C(F)(F)F. The van der Waals surface area contributed by atoms with Gasteiger partial charge in [0.15, 0.2) is 11.5 Å². The Labute approximate surface area is 153 Å². The van der Waals surface area contributed by atoms with Crippen molar-refractivity contribution in [2.45, 2.75) is 12.4 Å². The molecule has 0 radical (unpaired) electrons. The Morgan fingerprint density at radius 2 is 1.57 bits per heavy atom. The lowest BCUT2D eigenvalue weighted by atomic mass is 10.2. The van der Waals surface area contributed by atoms with Crippen LogP contribution in [0.25, 0.3) is 5.82 Å². The fraction of sp³-hybridized carbons (Fsp3) is 0.118. The maximum Gasteiger partial charge on any atom is 0.434 e. The highest BCUT2D eigenvalue weighted by molar-refractivity contribution is 5.92. The topological polar surface area (TPSA) is 57.0 Å². The van der Waals surface area contributed by atoms with Gasteiger partial charge >= 0.3 is 18.3 Å². The first-order chi connectivity index (χ1) is 13.1. The molecule has 3 rings (SSSR count). The predicted octanol–water partition coefficient (Wildman–Crippen LogP) is 4.52. The minimum absolute atomic E-state index is 0.0148. The summed E-state index contributed by atoms with van der Waals surface area (Å²) in [5.74, 6) is -1.85. The molecule has 0 aliphatic heterocycles. The number of benzene rings is 1. The summed E-state index contributed by atoms with van der Waals surface area (Å²) in [5, 5.41) is 3.46.